The SMILES string of the molecule is CN=C(NCC1CC1)NCC(C)(C)c1ccccc1Cl.I. The largest absolute Gasteiger partial charge is 0.356 e. The van der Waals surface area contributed by atoms with Crippen LogP contribution in [0.15, 0.2) is 29.3 Å². The lowest BCUT2D eigenvalue weighted by Crippen LogP contribution is -2.44. The summed E-state index contributed by atoms with van der Waals surface area (Å²) in [6.45, 7) is 6.19. The molecule has 0 aromatic heterocycles. The molecule has 0 atom stereocenters. The van der Waals surface area contributed by atoms with E-state index in [1.165, 1.54) is 12.8 Å². The summed E-state index contributed by atoms with van der Waals surface area (Å²) in [6, 6.07) is 8.03. The van der Waals surface area contributed by atoms with Gasteiger partial charge in [-0.05, 0) is 30.4 Å². The third kappa shape index (κ3) is 5.66. The second-order valence-corrected chi connectivity index (χ2v) is 6.52. The lowest BCUT2D eigenvalue weighted by Gasteiger charge is -2.27. The summed E-state index contributed by atoms with van der Waals surface area (Å²) in [5.74, 6) is 1.71. The van der Waals surface area contributed by atoms with Crippen molar-refractivity contribution in [2.24, 2.45) is 10.9 Å². The van der Waals surface area contributed by atoms with E-state index in [2.05, 4.69) is 35.5 Å². The highest BCUT2D eigenvalue weighted by Gasteiger charge is 2.24. The van der Waals surface area contributed by atoms with Crippen LogP contribution >= 0.6 is 35.6 Å². The van der Waals surface area contributed by atoms with E-state index in [0.717, 1.165) is 35.6 Å². The molecule has 118 valence electrons. The van der Waals surface area contributed by atoms with Crippen molar-refractivity contribution in [2.45, 2.75) is 32.1 Å². The monoisotopic (exact) mass is 421 g/mol. The average molecular weight is 422 g/mol. The zero-order valence-corrected chi connectivity index (χ0v) is 16.0. The Labute approximate surface area is 150 Å². The maximum absolute atomic E-state index is 6.30. The van der Waals surface area contributed by atoms with Crippen LogP contribution in [0.1, 0.15) is 32.3 Å². The van der Waals surface area contributed by atoms with Crippen molar-refractivity contribution in [3.05, 3.63) is 34.9 Å². The molecule has 1 fully saturated rings. The van der Waals surface area contributed by atoms with Gasteiger partial charge in [0.05, 0.1) is 0 Å². The molecule has 0 heterocycles. The molecule has 2 N–H and O–H groups in total. The second-order valence-electron chi connectivity index (χ2n) is 6.11. The van der Waals surface area contributed by atoms with Gasteiger partial charge in [0.15, 0.2) is 5.96 Å². The number of benzene rings is 1. The maximum Gasteiger partial charge on any atom is 0.191 e. The van der Waals surface area contributed by atoms with E-state index in [-0.39, 0.29) is 29.4 Å². The van der Waals surface area contributed by atoms with Crippen LogP contribution in [0.5, 0.6) is 0 Å². The summed E-state index contributed by atoms with van der Waals surface area (Å²) in [6.07, 6.45) is 2.68. The zero-order chi connectivity index (χ0) is 14.6. The van der Waals surface area contributed by atoms with Gasteiger partial charge in [0, 0.05) is 30.6 Å². The molecule has 1 aliphatic rings. The quantitative estimate of drug-likeness (QED) is 0.431. The fourth-order valence-corrected chi connectivity index (χ4v) is 2.59. The maximum atomic E-state index is 6.30. The molecule has 0 bridgehead atoms. The van der Waals surface area contributed by atoms with E-state index in [1.807, 2.05) is 25.2 Å². The number of halogens is 2. The Balaban J connectivity index is 0.00000220. The molecule has 1 aromatic carbocycles. The van der Waals surface area contributed by atoms with Gasteiger partial charge in [0.1, 0.15) is 0 Å². The minimum atomic E-state index is -0.0461. The first kappa shape index (κ1) is 18.6. The fourth-order valence-electron chi connectivity index (χ4n) is 2.19. The first-order valence-electron chi connectivity index (χ1n) is 7.22. The average Bonchev–Trinajstić information content (AvgIpc) is 3.23. The Morgan fingerprint density at radius 1 is 1.29 bits per heavy atom. The van der Waals surface area contributed by atoms with Crippen LogP contribution in [0.25, 0.3) is 0 Å². The van der Waals surface area contributed by atoms with Gasteiger partial charge in [0.2, 0.25) is 0 Å². The van der Waals surface area contributed by atoms with E-state index in [0.29, 0.717) is 0 Å². The summed E-state index contributed by atoms with van der Waals surface area (Å²) < 4.78 is 0. The predicted octanol–water partition coefficient (Wildman–Crippen LogP) is 3.81. The topological polar surface area (TPSA) is 36.4 Å². The van der Waals surface area contributed by atoms with E-state index >= 15 is 0 Å². The molecule has 0 amide bonds. The third-order valence-corrected chi connectivity index (χ3v) is 4.11. The van der Waals surface area contributed by atoms with Crippen LogP contribution in [0.4, 0.5) is 0 Å². The lowest BCUT2D eigenvalue weighted by atomic mass is 9.84. The highest BCUT2D eigenvalue weighted by atomic mass is 127. The van der Waals surface area contributed by atoms with E-state index in [9.17, 15) is 0 Å². The van der Waals surface area contributed by atoms with Gasteiger partial charge < -0.3 is 10.6 Å². The zero-order valence-electron chi connectivity index (χ0n) is 12.9. The number of nitrogens with zero attached hydrogens (tertiary/aromatic N) is 1. The molecular weight excluding hydrogens is 397 g/mol. The Bertz CT molecular complexity index is 484. The molecule has 3 nitrogen and oxygen atoms in total. The second kappa shape index (κ2) is 8.22. The van der Waals surface area contributed by atoms with Crippen molar-refractivity contribution in [1.29, 1.82) is 0 Å². The highest BCUT2D eigenvalue weighted by Crippen LogP contribution is 2.29. The molecule has 1 aromatic rings. The Kier molecular flexibility index (Phi) is 7.27. The van der Waals surface area contributed by atoms with Crippen LogP contribution < -0.4 is 10.6 Å². The fraction of sp³-hybridized carbons (Fsp3) is 0.562. The number of aliphatic imine (C=N–C) groups is 1. The van der Waals surface area contributed by atoms with E-state index in [4.69, 9.17) is 11.6 Å². The Morgan fingerprint density at radius 2 is 1.95 bits per heavy atom. The van der Waals surface area contributed by atoms with Gasteiger partial charge in [-0.2, -0.15) is 0 Å². The first-order valence-corrected chi connectivity index (χ1v) is 7.60. The van der Waals surface area contributed by atoms with Crippen LogP contribution in [-0.2, 0) is 5.41 Å². The standard InChI is InChI=1S/C16H24ClN3.HI/c1-16(2,13-6-4-5-7-14(13)17)11-20-15(18-3)19-10-12-8-9-12;/h4-7,12H,8-11H2,1-3H3,(H2,18,19,20);1H. The minimum absolute atomic E-state index is 0. The van der Waals surface area contributed by atoms with Gasteiger partial charge in [0.25, 0.3) is 0 Å². The number of nitrogens with one attached hydrogen (secondary N) is 2. The smallest absolute Gasteiger partial charge is 0.191 e. The Morgan fingerprint density at radius 3 is 2.52 bits per heavy atom. The number of hydrogen-bond donors (Lipinski definition) is 2. The van der Waals surface area contributed by atoms with Gasteiger partial charge >= 0.3 is 0 Å². The highest BCUT2D eigenvalue weighted by molar-refractivity contribution is 14.0. The van der Waals surface area contributed by atoms with Crippen molar-refractivity contribution >= 4 is 41.5 Å². The number of guanidine groups is 1. The van der Waals surface area contributed by atoms with Gasteiger partial charge in [-0.3, -0.25) is 4.99 Å². The van der Waals surface area contributed by atoms with Crippen LogP contribution in [0, 0.1) is 5.92 Å². The van der Waals surface area contributed by atoms with Gasteiger partial charge in [-0.1, -0.05) is 43.6 Å². The molecule has 0 saturated heterocycles. The first-order chi connectivity index (χ1) is 9.53. The molecule has 0 spiro atoms. The molecule has 2 rings (SSSR count). The van der Waals surface area contributed by atoms with Crippen molar-refractivity contribution in [3.63, 3.8) is 0 Å². The number of hydrogen-bond acceptors (Lipinski definition) is 1. The van der Waals surface area contributed by atoms with Crippen LogP contribution in [0.2, 0.25) is 5.02 Å². The van der Waals surface area contributed by atoms with Crippen molar-refractivity contribution < 1.29 is 0 Å². The lowest BCUT2D eigenvalue weighted by molar-refractivity contribution is 0.508. The summed E-state index contributed by atoms with van der Waals surface area (Å²) in [4.78, 5) is 4.27. The summed E-state index contributed by atoms with van der Waals surface area (Å²) >= 11 is 6.30. The number of rotatable bonds is 5. The third-order valence-electron chi connectivity index (χ3n) is 3.78. The van der Waals surface area contributed by atoms with Crippen LogP contribution in [-0.4, -0.2) is 26.1 Å². The molecule has 1 aliphatic carbocycles. The summed E-state index contributed by atoms with van der Waals surface area (Å²) in [5, 5.41) is 7.59. The molecule has 21 heavy (non-hydrogen) atoms. The predicted molar refractivity (Wildman–Crippen MR) is 102 cm³/mol. The molecule has 0 radical (unpaired) electrons. The summed E-state index contributed by atoms with van der Waals surface area (Å²) in [5.41, 5.74) is 1.11. The van der Waals surface area contributed by atoms with Crippen LogP contribution in [0.3, 0.4) is 0 Å². The Hall–Kier alpha value is -0.490. The molecule has 5 heteroatoms. The molecule has 0 unspecified atom stereocenters. The van der Waals surface area contributed by atoms with Gasteiger partial charge in [-0.15, -0.1) is 24.0 Å². The molecule has 1 saturated carbocycles. The van der Waals surface area contributed by atoms with E-state index in [1.54, 1.807) is 0 Å². The molecular formula is C16H25ClIN3. The minimum Gasteiger partial charge on any atom is -0.356 e. The van der Waals surface area contributed by atoms with Crippen molar-refractivity contribution in [2.75, 3.05) is 20.1 Å². The van der Waals surface area contributed by atoms with Gasteiger partial charge in [-0.25, -0.2) is 0 Å². The van der Waals surface area contributed by atoms with E-state index < -0.39 is 0 Å². The molecule has 0 aliphatic heterocycles. The summed E-state index contributed by atoms with van der Waals surface area (Å²) in [7, 11) is 1.81. The van der Waals surface area contributed by atoms with Crippen molar-refractivity contribution in [1.82, 2.24) is 10.6 Å². The normalized spacial score (nSPS) is 15.3. The van der Waals surface area contributed by atoms with Crippen molar-refractivity contribution in [3.8, 4) is 0 Å².